The number of amides is 1. The molecule has 6 heteroatoms. The van der Waals surface area contributed by atoms with Crippen LogP contribution in [0.2, 0.25) is 10.2 Å². The Hall–Kier alpha value is -3.08. The Balaban J connectivity index is 1.50. The van der Waals surface area contributed by atoms with Crippen LogP contribution in [0.25, 0.3) is 16.8 Å². The predicted octanol–water partition coefficient (Wildman–Crippen LogP) is 6.03. The van der Waals surface area contributed by atoms with E-state index in [9.17, 15) is 4.79 Å². The van der Waals surface area contributed by atoms with Crippen molar-refractivity contribution in [2.45, 2.75) is 6.42 Å². The quantitative estimate of drug-likeness (QED) is 0.427. The molecule has 4 nitrogen and oxygen atoms in total. The minimum absolute atomic E-state index is 0.144. The molecule has 0 unspecified atom stereocenters. The third kappa shape index (κ3) is 4.50. The highest BCUT2D eigenvalue weighted by Gasteiger charge is 2.14. The van der Waals surface area contributed by atoms with E-state index in [0.29, 0.717) is 15.7 Å². The molecule has 0 radical (unpaired) electrons. The number of rotatable bonds is 5. The van der Waals surface area contributed by atoms with Gasteiger partial charge in [-0.1, -0.05) is 65.7 Å². The molecule has 3 aromatic carbocycles. The van der Waals surface area contributed by atoms with Gasteiger partial charge in [0.05, 0.1) is 18.3 Å². The lowest BCUT2D eigenvalue weighted by Gasteiger charge is -2.07. The van der Waals surface area contributed by atoms with Crippen LogP contribution in [0.15, 0.2) is 85.1 Å². The molecule has 0 saturated heterocycles. The number of nitrogens with zero attached hydrogens (tertiary/aromatic N) is 2. The number of carbonyl (C=O) groups is 1. The standard InChI is InChI=1S/C23H17Cl2N3O/c24-19-6-4-5-17(13-19)16-9-11-21(12-10-16)28-23(25)18(15-26-28)14-22(29)27-20-7-2-1-3-8-20/h1-13,15H,14H2,(H,27,29). The molecule has 0 atom stereocenters. The number of carbonyl (C=O) groups excluding carboxylic acids is 1. The van der Waals surface area contributed by atoms with Gasteiger partial charge in [0.15, 0.2) is 0 Å². The van der Waals surface area contributed by atoms with Gasteiger partial charge in [-0.2, -0.15) is 5.10 Å². The highest BCUT2D eigenvalue weighted by Crippen LogP contribution is 2.26. The Morgan fingerprint density at radius 1 is 0.897 bits per heavy atom. The van der Waals surface area contributed by atoms with Crippen LogP contribution in [0.5, 0.6) is 0 Å². The van der Waals surface area contributed by atoms with E-state index >= 15 is 0 Å². The fraction of sp³-hybridized carbons (Fsp3) is 0.0435. The first kappa shape index (κ1) is 19.2. The average molecular weight is 422 g/mol. The van der Waals surface area contributed by atoms with E-state index in [4.69, 9.17) is 23.2 Å². The molecule has 4 rings (SSSR count). The number of aromatic nitrogens is 2. The summed E-state index contributed by atoms with van der Waals surface area (Å²) in [5.74, 6) is -0.144. The van der Waals surface area contributed by atoms with Gasteiger partial charge in [-0.05, 0) is 47.5 Å². The van der Waals surface area contributed by atoms with E-state index in [0.717, 1.165) is 22.5 Å². The van der Waals surface area contributed by atoms with E-state index in [2.05, 4.69) is 10.4 Å². The summed E-state index contributed by atoms with van der Waals surface area (Å²) in [4.78, 5) is 12.3. The van der Waals surface area contributed by atoms with Gasteiger partial charge in [0.1, 0.15) is 5.15 Å². The summed E-state index contributed by atoms with van der Waals surface area (Å²) in [5.41, 5.74) is 4.31. The summed E-state index contributed by atoms with van der Waals surface area (Å²) in [7, 11) is 0. The third-order valence-electron chi connectivity index (χ3n) is 4.46. The van der Waals surface area contributed by atoms with Crippen LogP contribution in [0.3, 0.4) is 0 Å². The molecular formula is C23H17Cl2N3O. The summed E-state index contributed by atoms with van der Waals surface area (Å²) < 4.78 is 1.62. The van der Waals surface area contributed by atoms with Gasteiger partial charge in [-0.25, -0.2) is 4.68 Å². The summed E-state index contributed by atoms with van der Waals surface area (Å²) >= 11 is 12.6. The highest BCUT2D eigenvalue weighted by molar-refractivity contribution is 6.31. The van der Waals surface area contributed by atoms with Crippen molar-refractivity contribution in [1.29, 1.82) is 0 Å². The van der Waals surface area contributed by atoms with E-state index in [1.807, 2.05) is 78.9 Å². The van der Waals surface area contributed by atoms with Crippen molar-refractivity contribution in [3.63, 3.8) is 0 Å². The molecule has 4 aromatic rings. The molecule has 0 aliphatic heterocycles. The van der Waals surface area contributed by atoms with E-state index in [1.54, 1.807) is 10.9 Å². The molecule has 0 aliphatic rings. The van der Waals surface area contributed by atoms with Crippen LogP contribution in [-0.2, 0) is 11.2 Å². The largest absolute Gasteiger partial charge is 0.326 e. The fourth-order valence-corrected chi connectivity index (χ4v) is 3.48. The minimum Gasteiger partial charge on any atom is -0.326 e. The highest BCUT2D eigenvalue weighted by atomic mass is 35.5. The number of benzene rings is 3. The molecule has 1 amide bonds. The van der Waals surface area contributed by atoms with Crippen molar-refractivity contribution < 1.29 is 4.79 Å². The Labute approximate surface area is 178 Å². The van der Waals surface area contributed by atoms with Crippen molar-refractivity contribution in [1.82, 2.24) is 9.78 Å². The molecule has 0 bridgehead atoms. The van der Waals surface area contributed by atoms with E-state index < -0.39 is 0 Å². The van der Waals surface area contributed by atoms with Crippen molar-refractivity contribution in [2.24, 2.45) is 0 Å². The first-order valence-corrected chi connectivity index (χ1v) is 9.79. The van der Waals surface area contributed by atoms with Gasteiger partial charge in [-0.15, -0.1) is 0 Å². The van der Waals surface area contributed by atoms with Crippen molar-refractivity contribution in [3.05, 3.63) is 101 Å². The van der Waals surface area contributed by atoms with Gasteiger partial charge in [0, 0.05) is 16.3 Å². The Bertz CT molecular complexity index is 1140. The zero-order valence-corrected chi connectivity index (χ0v) is 16.9. The van der Waals surface area contributed by atoms with E-state index in [1.165, 1.54) is 0 Å². The lowest BCUT2D eigenvalue weighted by Crippen LogP contribution is -2.14. The average Bonchev–Trinajstić information content (AvgIpc) is 3.09. The topological polar surface area (TPSA) is 46.9 Å². The smallest absolute Gasteiger partial charge is 0.228 e. The van der Waals surface area contributed by atoms with E-state index in [-0.39, 0.29) is 12.3 Å². The predicted molar refractivity (Wildman–Crippen MR) is 118 cm³/mol. The molecule has 0 aliphatic carbocycles. The van der Waals surface area contributed by atoms with Crippen LogP contribution < -0.4 is 5.32 Å². The Kier molecular flexibility index (Phi) is 5.65. The monoisotopic (exact) mass is 421 g/mol. The van der Waals surface area contributed by atoms with Crippen molar-refractivity contribution in [2.75, 3.05) is 5.32 Å². The molecule has 0 spiro atoms. The summed E-state index contributed by atoms with van der Waals surface area (Å²) in [6.45, 7) is 0. The number of para-hydroxylation sites is 1. The van der Waals surface area contributed by atoms with Gasteiger partial charge in [-0.3, -0.25) is 4.79 Å². The maximum Gasteiger partial charge on any atom is 0.228 e. The number of hydrogen-bond donors (Lipinski definition) is 1. The first-order chi connectivity index (χ1) is 14.1. The Morgan fingerprint density at radius 3 is 2.38 bits per heavy atom. The van der Waals surface area contributed by atoms with Crippen molar-refractivity contribution >= 4 is 34.8 Å². The molecule has 144 valence electrons. The van der Waals surface area contributed by atoms with Gasteiger partial charge >= 0.3 is 0 Å². The lowest BCUT2D eigenvalue weighted by atomic mass is 10.1. The molecule has 0 fully saturated rings. The van der Waals surface area contributed by atoms with Crippen LogP contribution in [0, 0.1) is 0 Å². The van der Waals surface area contributed by atoms with Crippen LogP contribution in [-0.4, -0.2) is 15.7 Å². The van der Waals surface area contributed by atoms with Crippen LogP contribution in [0.4, 0.5) is 5.69 Å². The number of nitrogens with one attached hydrogen (secondary N) is 1. The summed E-state index contributed by atoms with van der Waals surface area (Å²) in [5, 5.41) is 8.31. The second-order valence-electron chi connectivity index (χ2n) is 6.52. The zero-order chi connectivity index (χ0) is 20.2. The fourth-order valence-electron chi connectivity index (χ4n) is 3.03. The van der Waals surface area contributed by atoms with Gasteiger partial charge in [0.25, 0.3) is 0 Å². The molecule has 1 N–H and O–H groups in total. The minimum atomic E-state index is -0.144. The SMILES string of the molecule is O=C(Cc1cnn(-c2ccc(-c3cccc(Cl)c3)cc2)c1Cl)Nc1ccccc1. The number of hydrogen-bond acceptors (Lipinski definition) is 2. The first-order valence-electron chi connectivity index (χ1n) is 9.04. The molecule has 1 heterocycles. The molecular weight excluding hydrogens is 405 g/mol. The molecule has 1 aromatic heterocycles. The Morgan fingerprint density at radius 2 is 1.66 bits per heavy atom. The number of anilines is 1. The number of halogens is 2. The summed E-state index contributed by atoms with van der Waals surface area (Å²) in [6, 6.07) is 24.8. The van der Waals surface area contributed by atoms with Gasteiger partial charge in [0.2, 0.25) is 5.91 Å². The third-order valence-corrected chi connectivity index (χ3v) is 5.10. The van der Waals surface area contributed by atoms with Crippen LogP contribution in [0.1, 0.15) is 5.56 Å². The normalized spacial score (nSPS) is 10.7. The molecule has 0 saturated carbocycles. The second-order valence-corrected chi connectivity index (χ2v) is 7.32. The van der Waals surface area contributed by atoms with Gasteiger partial charge < -0.3 is 5.32 Å². The van der Waals surface area contributed by atoms with Crippen molar-refractivity contribution in [3.8, 4) is 16.8 Å². The second kappa shape index (κ2) is 8.52. The zero-order valence-electron chi connectivity index (χ0n) is 15.3. The molecule has 29 heavy (non-hydrogen) atoms. The maximum absolute atomic E-state index is 12.3. The lowest BCUT2D eigenvalue weighted by molar-refractivity contribution is -0.115. The maximum atomic E-state index is 12.3. The van der Waals surface area contributed by atoms with Crippen LogP contribution >= 0.6 is 23.2 Å². The summed E-state index contributed by atoms with van der Waals surface area (Å²) in [6.07, 6.45) is 1.77.